The summed E-state index contributed by atoms with van der Waals surface area (Å²) in [4.78, 5) is 16.8. The standard InChI is InChI=1S/C20H29FN2O3/c21-18-6-1-2-7-19(18)26-16-17-5-3-10-23(15-17)20(24)8-4-9-22-11-13-25-14-12-22/h1-2,6-7,17H,3-5,8-16H2. The molecule has 1 aromatic carbocycles. The highest BCUT2D eigenvalue weighted by Gasteiger charge is 2.24. The maximum absolute atomic E-state index is 13.6. The van der Waals surface area contributed by atoms with E-state index in [1.165, 1.54) is 6.07 Å². The fourth-order valence-electron chi connectivity index (χ4n) is 3.63. The molecule has 1 amide bonds. The fraction of sp³-hybridized carbons (Fsp3) is 0.650. The Labute approximate surface area is 155 Å². The summed E-state index contributed by atoms with van der Waals surface area (Å²) in [6.07, 6.45) is 3.50. The van der Waals surface area contributed by atoms with E-state index in [9.17, 15) is 9.18 Å². The van der Waals surface area contributed by atoms with Gasteiger partial charge in [-0.2, -0.15) is 0 Å². The van der Waals surface area contributed by atoms with Gasteiger partial charge in [0.25, 0.3) is 0 Å². The second kappa shape index (κ2) is 9.88. The lowest BCUT2D eigenvalue weighted by molar-refractivity contribution is -0.133. The van der Waals surface area contributed by atoms with Gasteiger partial charge in [-0.05, 0) is 37.9 Å². The predicted molar refractivity (Wildman–Crippen MR) is 97.7 cm³/mol. The van der Waals surface area contributed by atoms with Crippen LogP contribution in [0.25, 0.3) is 0 Å². The Morgan fingerprint density at radius 2 is 2.04 bits per heavy atom. The first-order chi connectivity index (χ1) is 12.7. The molecule has 1 unspecified atom stereocenters. The van der Waals surface area contributed by atoms with Crippen molar-refractivity contribution in [3.63, 3.8) is 0 Å². The number of carbonyl (C=O) groups excluding carboxylic acids is 1. The van der Waals surface area contributed by atoms with Crippen LogP contribution < -0.4 is 4.74 Å². The lowest BCUT2D eigenvalue weighted by Gasteiger charge is -2.33. The summed E-state index contributed by atoms with van der Waals surface area (Å²) in [5, 5.41) is 0. The normalized spacial score (nSPS) is 21.6. The van der Waals surface area contributed by atoms with E-state index in [4.69, 9.17) is 9.47 Å². The number of ether oxygens (including phenoxy) is 2. The Hall–Kier alpha value is -1.66. The van der Waals surface area contributed by atoms with Gasteiger partial charge in [-0.3, -0.25) is 9.69 Å². The number of benzene rings is 1. The SMILES string of the molecule is O=C(CCCN1CCOCC1)N1CCCC(COc2ccccc2F)C1. The highest BCUT2D eigenvalue weighted by molar-refractivity contribution is 5.76. The molecule has 2 fully saturated rings. The minimum atomic E-state index is -0.334. The third kappa shape index (κ3) is 5.68. The van der Waals surface area contributed by atoms with Crippen LogP contribution in [0.1, 0.15) is 25.7 Å². The molecule has 0 N–H and O–H groups in total. The Morgan fingerprint density at radius 3 is 2.85 bits per heavy atom. The van der Waals surface area contributed by atoms with Crippen molar-refractivity contribution in [3.8, 4) is 5.75 Å². The molecule has 144 valence electrons. The first kappa shape index (κ1) is 19.1. The van der Waals surface area contributed by atoms with Gasteiger partial charge in [0.05, 0.1) is 19.8 Å². The van der Waals surface area contributed by atoms with E-state index in [0.29, 0.717) is 25.3 Å². The van der Waals surface area contributed by atoms with Gasteiger partial charge in [0.1, 0.15) is 0 Å². The third-order valence-corrected chi connectivity index (χ3v) is 5.15. The van der Waals surface area contributed by atoms with E-state index in [2.05, 4.69) is 4.90 Å². The minimum Gasteiger partial charge on any atom is -0.490 e. The zero-order valence-electron chi connectivity index (χ0n) is 15.4. The number of rotatable bonds is 7. The second-order valence-electron chi connectivity index (χ2n) is 7.15. The lowest BCUT2D eigenvalue weighted by Crippen LogP contribution is -2.42. The van der Waals surface area contributed by atoms with Crippen molar-refractivity contribution >= 4 is 5.91 Å². The van der Waals surface area contributed by atoms with Gasteiger partial charge in [0, 0.05) is 38.5 Å². The van der Waals surface area contributed by atoms with Crippen LogP contribution >= 0.6 is 0 Å². The molecule has 1 atom stereocenters. The number of piperidine rings is 1. The van der Waals surface area contributed by atoms with Gasteiger partial charge < -0.3 is 14.4 Å². The van der Waals surface area contributed by atoms with Gasteiger partial charge >= 0.3 is 0 Å². The highest BCUT2D eigenvalue weighted by atomic mass is 19.1. The number of halogens is 1. The Bertz CT molecular complexity index is 578. The second-order valence-corrected chi connectivity index (χ2v) is 7.15. The van der Waals surface area contributed by atoms with Gasteiger partial charge in [-0.1, -0.05) is 12.1 Å². The molecule has 0 aromatic heterocycles. The van der Waals surface area contributed by atoms with Crippen LogP contribution in [0.3, 0.4) is 0 Å². The average Bonchev–Trinajstić information content (AvgIpc) is 2.68. The Morgan fingerprint density at radius 1 is 1.23 bits per heavy atom. The van der Waals surface area contributed by atoms with Crippen molar-refractivity contribution in [1.82, 2.24) is 9.80 Å². The molecule has 0 radical (unpaired) electrons. The van der Waals surface area contributed by atoms with E-state index in [-0.39, 0.29) is 17.6 Å². The first-order valence-electron chi connectivity index (χ1n) is 9.67. The van der Waals surface area contributed by atoms with Crippen molar-refractivity contribution in [3.05, 3.63) is 30.1 Å². The molecule has 2 aliphatic heterocycles. The van der Waals surface area contributed by atoms with Gasteiger partial charge in [-0.25, -0.2) is 4.39 Å². The van der Waals surface area contributed by atoms with Crippen molar-refractivity contribution in [2.24, 2.45) is 5.92 Å². The summed E-state index contributed by atoms with van der Waals surface area (Å²) in [6.45, 7) is 6.48. The van der Waals surface area contributed by atoms with E-state index in [1.807, 2.05) is 4.90 Å². The molecular weight excluding hydrogens is 335 g/mol. The maximum Gasteiger partial charge on any atom is 0.222 e. The quantitative estimate of drug-likeness (QED) is 0.746. The number of hydrogen-bond donors (Lipinski definition) is 0. The van der Waals surface area contributed by atoms with E-state index in [1.54, 1.807) is 18.2 Å². The van der Waals surface area contributed by atoms with Crippen LogP contribution in [0.15, 0.2) is 24.3 Å². The number of nitrogens with zero attached hydrogens (tertiary/aromatic N) is 2. The lowest BCUT2D eigenvalue weighted by atomic mass is 9.98. The molecule has 1 aromatic rings. The number of hydrogen-bond acceptors (Lipinski definition) is 4. The molecule has 6 heteroatoms. The van der Waals surface area contributed by atoms with Gasteiger partial charge in [0.15, 0.2) is 11.6 Å². The third-order valence-electron chi connectivity index (χ3n) is 5.15. The molecule has 3 rings (SSSR count). The van der Waals surface area contributed by atoms with E-state index in [0.717, 1.165) is 58.7 Å². The van der Waals surface area contributed by atoms with Crippen molar-refractivity contribution in [2.75, 3.05) is 52.5 Å². The van der Waals surface area contributed by atoms with Crippen molar-refractivity contribution in [2.45, 2.75) is 25.7 Å². The van der Waals surface area contributed by atoms with Crippen LogP contribution in [-0.2, 0) is 9.53 Å². The number of morpholine rings is 1. The maximum atomic E-state index is 13.6. The molecule has 0 aliphatic carbocycles. The van der Waals surface area contributed by atoms with E-state index < -0.39 is 0 Å². The smallest absolute Gasteiger partial charge is 0.222 e. The average molecular weight is 364 g/mol. The molecule has 2 aliphatic rings. The number of likely N-dealkylation sites (tertiary alicyclic amines) is 1. The van der Waals surface area contributed by atoms with E-state index >= 15 is 0 Å². The number of para-hydroxylation sites is 1. The molecule has 2 saturated heterocycles. The molecule has 5 nitrogen and oxygen atoms in total. The highest BCUT2D eigenvalue weighted by Crippen LogP contribution is 2.21. The van der Waals surface area contributed by atoms with Crippen molar-refractivity contribution < 1.29 is 18.7 Å². The molecule has 0 bridgehead atoms. The summed E-state index contributed by atoms with van der Waals surface area (Å²) in [6, 6.07) is 6.47. The minimum absolute atomic E-state index is 0.230. The van der Waals surface area contributed by atoms with Crippen LogP contribution in [0.4, 0.5) is 4.39 Å². The van der Waals surface area contributed by atoms with Crippen LogP contribution in [0, 0.1) is 11.7 Å². The molecule has 2 heterocycles. The fourth-order valence-corrected chi connectivity index (χ4v) is 3.63. The summed E-state index contributed by atoms with van der Waals surface area (Å²) >= 11 is 0. The summed E-state index contributed by atoms with van der Waals surface area (Å²) in [7, 11) is 0. The molecule has 26 heavy (non-hydrogen) atoms. The molecule has 0 saturated carbocycles. The van der Waals surface area contributed by atoms with Crippen LogP contribution in [-0.4, -0.2) is 68.3 Å². The summed E-state index contributed by atoms with van der Waals surface area (Å²) in [5.74, 6) is 0.459. The Balaban J connectivity index is 1.38. The number of carbonyl (C=O) groups is 1. The zero-order valence-corrected chi connectivity index (χ0v) is 15.4. The zero-order chi connectivity index (χ0) is 18.2. The largest absolute Gasteiger partial charge is 0.490 e. The van der Waals surface area contributed by atoms with Crippen LogP contribution in [0.2, 0.25) is 0 Å². The molecular formula is C20H29FN2O3. The Kier molecular flexibility index (Phi) is 7.26. The van der Waals surface area contributed by atoms with Gasteiger partial charge in [-0.15, -0.1) is 0 Å². The monoisotopic (exact) mass is 364 g/mol. The summed E-state index contributed by atoms with van der Waals surface area (Å²) < 4.78 is 24.6. The number of amides is 1. The topological polar surface area (TPSA) is 42.0 Å². The van der Waals surface area contributed by atoms with Gasteiger partial charge in [0.2, 0.25) is 5.91 Å². The predicted octanol–water partition coefficient (Wildman–Crippen LogP) is 2.56. The van der Waals surface area contributed by atoms with Crippen LogP contribution in [0.5, 0.6) is 5.75 Å². The summed E-state index contributed by atoms with van der Waals surface area (Å²) in [5.41, 5.74) is 0. The van der Waals surface area contributed by atoms with Crippen molar-refractivity contribution in [1.29, 1.82) is 0 Å². The first-order valence-corrected chi connectivity index (χ1v) is 9.67. The molecule has 0 spiro atoms.